The summed E-state index contributed by atoms with van der Waals surface area (Å²) in [6, 6.07) is 5.47. The minimum Gasteiger partial charge on any atom is -0.408 e. The van der Waals surface area contributed by atoms with Gasteiger partial charge in [0.1, 0.15) is 11.3 Å². The number of fused-ring (bicyclic) bond motifs is 1. The van der Waals surface area contributed by atoms with Crippen molar-refractivity contribution in [2.75, 3.05) is 19.6 Å². The van der Waals surface area contributed by atoms with Gasteiger partial charge >= 0.3 is 6.09 Å². The lowest BCUT2D eigenvalue weighted by Gasteiger charge is -2.30. The highest BCUT2D eigenvalue weighted by Crippen LogP contribution is 2.30. The summed E-state index contributed by atoms with van der Waals surface area (Å²) in [5.74, 6) is 1.82. The fraction of sp³-hybridized carbons (Fsp3) is 0.500. The van der Waals surface area contributed by atoms with Crippen molar-refractivity contribution in [1.82, 2.24) is 14.9 Å². The second kappa shape index (κ2) is 6.36. The van der Waals surface area contributed by atoms with E-state index in [0.29, 0.717) is 17.2 Å². The van der Waals surface area contributed by atoms with E-state index in [9.17, 15) is 4.79 Å². The van der Waals surface area contributed by atoms with Gasteiger partial charge in [-0.1, -0.05) is 13.0 Å². The minimum absolute atomic E-state index is 0.413. The molecule has 0 aliphatic carbocycles. The molecule has 3 rings (SSSR count). The third-order valence-electron chi connectivity index (χ3n) is 4.22. The van der Waals surface area contributed by atoms with Gasteiger partial charge in [0, 0.05) is 5.92 Å². The molecule has 3 N–H and O–H groups in total. The fourth-order valence-corrected chi connectivity index (χ4v) is 3.16. The van der Waals surface area contributed by atoms with Gasteiger partial charge in [0.25, 0.3) is 0 Å². The van der Waals surface area contributed by atoms with Crippen LogP contribution in [0.4, 0.5) is 4.79 Å². The third-order valence-corrected chi connectivity index (χ3v) is 4.22. The Morgan fingerprint density at radius 1 is 1.45 bits per heavy atom. The van der Waals surface area contributed by atoms with E-state index < -0.39 is 6.09 Å². The van der Waals surface area contributed by atoms with Crippen LogP contribution in [0.1, 0.15) is 37.9 Å². The molecular weight excluding hydrogens is 280 g/mol. The summed E-state index contributed by atoms with van der Waals surface area (Å²) in [5.41, 5.74) is 6.66. The summed E-state index contributed by atoms with van der Waals surface area (Å²) in [4.78, 5) is 21.5. The van der Waals surface area contributed by atoms with Gasteiger partial charge in [-0.3, -0.25) is 0 Å². The molecule has 2 aromatic rings. The van der Waals surface area contributed by atoms with Crippen molar-refractivity contribution in [3.63, 3.8) is 0 Å². The Kier molecular flexibility index (Phi) is 4.29. The molecule has 1 aliphatic rings. The number of aromatic amines is 1. The predicted octanol–water partition coefficient (Wildman–Crippen LogP) is 2.61. The number of carbonyl (C=O) groups is 1. The zero-order valence-electron chi connectivity index (χ0n) is 12.8. The normalized spacial score (nSPS) is 17.0. The maximum atomic E-state index is 11.0. The lowest BCUT2D eigenvalue weighted by Crippen LogP contribution is -2.33. The molecule has 0 spiro atoms. The Morgan fingerprint density at radius 3 is 2.91 bits per heavy atom. The molecule has 0 radical (unpaired) electrons. The van der Waals surface area contributed by atoms with Crippen molar-refractivity contribution in [1.29, 1.82) is 0 Å². The van der Waals surface area contributed by atoms with Crippen LogP contribution in [-0.2, 0) is 0 Å². The quantitative estimate of drug-likeness (QED) is 0.909. The highest BCUT2D eigenvalue weighted by Gasteiger charge is 2.23. The number of aromatic nitrogens is 2. The van der Waals surface area contributed by atoms with Gasteiger partial charge in [-0.25, -0.2) is 9.78 Å². The second-order valence-electron chi connectivity index (χ2n) is 5.81. The molecule has 6 nitrogen and oxygen atoms in total. The number of amides is 1. The Hall–Kier alpha value is -2.08. The van der Waals surface area contributed by atoms with Crippen LogP contribution in [0.25, 0.3) is 11.0 Å². The monoisotopic (exact) mass is 302 g/mol. The van der Waals surface area contributed by atoms with Crippen molar-refractivity contribution in [2.24, 2.45) is 5.73 Å². The number of imidazole rings is 1. The fourth-order valence-electron chi connectivity index (χ4n) is 3.16. The van der Waals surface area contributed by atoms with Crippen LogP contribution in [0.2, 0.25) is 0 Å². The van der Waals surface area contributed by atoms with E-state index in [-0.39, 0.29) is 0 Å². The highest BCUT2D eigenvalue weighted by molar-refractivity contribution is 5.84. The van der Waals surface area contributed by atoms with Crippen molar-refractivity contribution in [3.8, 4) is 5.75 Å². The van der Waals surface area contributed by atoms with E-state index in [1.54, 1.807) is 6.07 Å². The number of para-hydroxylation sites is 1. The molecule has 0 saturated carbocycles. The van der Waals surface area contributed by atoms with E-state index in [1.165, 1.54) is 13.0 Å². The lowest BCUT2D eigenvalue weighted by molar-refractivity contribution is 0.210. The number of nitrogens with zero attached hydrogens (tertiary/aromatic N) is 2. The summed E-state index contributed by atoms with van der Waals surface area (Å²) in [5, 5.41) is 0. The molecule has 6 heteroatoms. The number of nitrogens with two attached hydrogens (primary N) is 1. The van der Waals surface area contributed by atoms with E-state index in [0.717, 1.165) is 37.3 Å². The summed E-state index contributed by atoms with van der Waals surface area (Å²) >= 11 is 0. The number of hydrogen-bond acceptors (Lipinski definition) is 4. The largest absolute Gasteiger partial charge is 0.410 e. The van der Waals surface area contributed by atoms with E-state index in [2.05, 4.69) is 21.8 Å². The van der Waals surface area contributed by atoms with Gasteiger partial charge in [0.05, 0.1) is 5.52 Å². The SMILES string of the molecule is CCCN1CCC(c2nc3c(OC(N)=O)cccc3[nH]2)CC1. The maximum Gasteiger partial charge on any atom is 0.410 e. The first kappa shape index (κ1) is 14.8. The predicted molar refractivity (Wildman–Crippen MR) is 85.0 cm³/mol. The molecule has 0 bridgehead atoms. The highest BCUT2D eigenvalue weighted by atomic mass is 16.5. The molecule has 0 atom stereocenters. The number of hydrogen-bond donors (Lipinski definition) is 2. The molecule has 1 aromatic heterocycles. The van der Waals surface area contributed by atoms with Crippen molar-refractivity contribution >= 4 is 17.1 Å². The summed E-state index contributed by atoms with van der Waals surface area (Å²) < 4.78 is 5.03. The van der Waals surface area contributed by atoms with Crippen molar-refractivity contribution in [3.05, 3.63) is 24.0 Å². The number of primary amides is 1. The van der Waals surface area contributed by atoms with Gasteiger partial charge in [0.2, 0.25) is 0 Å². The Bertz CT molecular complexity index is 659. The molecule has 1 aromatic carbocycles. The first-order chi connectivity index (χ1) is 10.7. The van der Waals surface area contributed by atoms with Crippen LogP contribution in [0.3, 0.4) is 0 Å². The topological polar surface area (TPSA) is 84.2 Å². The van der Waals surface area contributed by atoms with Gasteiger partial charge in [-0.15, -0.1) is 0 Å². The number of rotatable bonds is 4. The van der Waals surface area contributed by atoms with Gasteiger partial charge in [-0.05, 0) is 51.0 Å². The molecule has 1 aliphatic heterocycles. The summed E-state index contributed by atoms with van der Waals surface area (Å²) in [7, 11) is 0. The van der Waals surface area contributed by atoms with E-state index in [4.69, 9.17) is 10.5 Å². The maximum absolute atomic E-state index is 11.0. The van der Waals surface area contributed by atoms with Crippen molar-refractivity contribution in [2.45, 2.75) is 32.1 Å². The Morgan fingerprint density at radius 2 is 2.23 bits per heavy atom. The molecule has 2 heterocycles. The van der Waals surface area contributed by atoms with Crippen LogP contribution >= 0.6 is 0 Å². The van der Waals surface area contributed by atoms with Crippen LogP contribution in [0.15, 0.2) is 18.2 Å². The first-order valence-corrected chi connectivity index (χ1v) is 7.85. The van der Waals surface area contributed by atoms with Crippen molar-refractivity contribution < 1.29 is 9.53 Å². The lowest BCUT2D eigenvalue weighted by atomic mass is 9.96. The zero-order chi connectivity index (χ0) is 15.5. The van der Waals surface area contributed by atoms with Gasteiger partial charge in [-0.2, -0.15) is 0 Å². The number of benzene rings is 1. The molecule has 118 valence electrons. The number of H-pyrrole nitrogens is 1. The first-order valence-electron chi connectivity index (χ1n) is 7.85. The number of nitrogens with one attached hydrogen (secondary N) is 1. The molecule has 0 unspecified atom stereocenters. The average Bonchev–Trinajstić information content (AvgIpc) is 2.93. The molecular formula is C16H22N4O2. The third kappa shape index (κ3) is 3.06. The van der Waals surface area contributed by atoms with Crippen LogP contribution in [0, 0.1) is 0 Å². The number of piperidine rings is 1. The van der Waals surface area contributed by atoms with E-state index >= 15 is 0 Å². The van der Waals surface area contributed by atoms with E-state index in [1.807, 2.05) is 12.1 Å². The summed E-state index contributed by atoms with van der Waals surface area (Å²) in [6.45, 7) is 5.61. The molecule has 1 fully saturated rings. The summed E-state index contributed by atoms with van der Waals surface area (Å²) in [6.07, 6.45) is 2.59. The van der Waals surface area contributed by atoms with Crippen LogP contribution < -0.4 is 10.5 Å². The van der Waals surface area contributed by atoms with Gasteiger partial charge in [0.15, 0.2) is 5.75 Å². The Balaban J connectivity index is 1.79. The minimum atomic E-state index is -0.815. The Labute approximate surface area is 129 Å². The van der Waals surface area contributed by atoms with Crippen LogP contribution in [-0.4, -0.2) is 40.6 Å². The molecule has 1 saturated heterocycles. The number of ether oxygens (including phenoxy) is 1. The average molecular weight is 302 g/mol. The molecule has 1 amide bonds. The number of carbonyl (C=O) groups excluding carboxylic acids is 1. The zero-order valence-corrected chi connectivity index (χ0v) is 12.8. The standard InChI is InChI=1S/C16H22N4O2/c1-2-8-20-9-6-11(7-10-20)15-18-12-4-3-5-13(14(12)19-15)22-16(17)21/h3-5,11H,2,6-10H2,1H3,(H2,17,21)(H,18,19). The second-order valence-corrected chi connectivity index (χ2v) is 5.81. The smallest absolute Gasteiger partial charge is 0.408 e. The molecule has 22 heavy (non-hydrogen) atoms. The van der Waals surface area contributed by atoms with Gasteiger partial charge < -0.3 is 20.4 Å². The van der Waals surface area contributed by atoms with Crippen LogP contribution in [0.5, 0.6) is 5.75 Å². The number of likely N-dealkylation sites (tertiary alicyclic amines) is 1.